The summed E-state index contributed by atoms with van der Waals surface area (Å²) in [6.45, 7) is 16.6. The molecule has 4 unspecified atom stereocenters. The number of hydrogen-bond donors (Lipinski definition) is 2. The van der Waals surface area contributed by atoms with Crippen LogP contribution in [0.4, 0.5) is 21.0 Å². The Labute approximate surface area is 556 Å². The largest absolute Gasteiger partial charge is 0.492 e. The van der Waals surface area contributed by atoms with E-state index in [1.807, 2.05) is 73.7 Å². The fourth-order valence-electron chi connectivity index (χ4n) is 11.2. The normalized spacial score (nSPS) is 16.6. The van der Waals surface area contributed by atoms with Crippen LogP contribution in [0.5, 0.6) is 17.2 Å². The molecule has 3 aliphatic rings. The van der Waals surface area contributed by atoms with E-state index in [0.717, 1.165) is 97.1 Å². The summed E-state index contributed by atoms with van der Waals surface area (Å²) in [6.07, 6.45) is 18.3. The molecule has 93 heavy (non-hydrogen) atoms. The van der Waals surface area contributed by atoms with Crippen molar-refractivity contribution in [3.8, 4) is 17.2 Å². The third-order valence-corrected chi connectivity index (χ3v) is 17.3. The van der Waals surface area contributed by atoms with Crippen LogP contribution in [0.25, 0.3) is 0 Å². The standard InChI is InChI=1S/C40H58ClN3O7.C33H43N3O6/c1-7-9-11-13-15-20-24-50-32-27-31(33(26-30(32)41)51-25-21-16-14-12-10-8-2)42-36(46)34(35(45)40(3,4)5)44-37(47)38(49-6)43(39(44)48)28-29-22-18-17-19-23-29;1-5-6-7-8-9-13-20-42-26-17-16-23(2)21-25(26)34-29(38)27(28(37)33(3)18-19-33)36-30(39)31(41-4)35(32(36)40)22-24-14-11-10-12-15-24/h17-19,22-23,26-27,34,38H,7-16,20-21,24-25,28H2,1-6H3,(H,42,46);10-12,14-17,21,27,31H,5-9,13,18-20,22H2,1-4H3,(H,34,38). The maximum atomic E-state index is 14.3. The van der Waals surface area contributed by atoms with Crippen molar-refractivity contribution in [2.24, 2.45) is 10.8 Å². The van der Waals surface area contributed by atoms with Gasteiger partial charge in [-0.3, -0.25) is 38.6 Å². The zero-order valence-corrected chi connectivity index (χ0v) is 57.4. The van der Waals surface area contributed by atoms with Crippen LogP contribution < -0.4 is 24.8 Å². The number of Topliss-reactive ketones (excluding diaryl/α,β-unsaturated/α-hetero) is 2. The molecule has 1 aliphatic carbocycles. The van der Waals surface area contributed by atoms with Crippen molar-refractivity contribution in [1.82, 2.24) is 19.6 Å². The number of benzene rings is 4. The Morgan fingerprint density at radius 1 is 0.538 bits per heavy atom. The summed E-state index contributed by atoms with van der Waals surface area (Å²) < 4.78 is 29.1. The molecule has 2 saturated heterocycles. The maximum absolute atomic E-state index is 14.3. The number of aryl methyl sites for hydroxylation is 1. The number of nitrogens with zero attached hydrogens (tertiary/aromatic N) is 4. The molecule has 0 spiro atoms. The molecule has 20 heteroatoms. The van der Waals surface area contributed by atoms with Gasteiger partial charge in [-0.05, 0) is 67.9 Å². The number of ketones is 2. The number of methoxy groups -OCH3 is 2. The van der Waals surface area contributed by atoms with Gasteiger partial charge in [0.2, 0.25) is 12.5 Å². The summed E-state index contributed by atoms with van der Waals surface area (Å²) in [5.41, 5.74) is 1.19. The molecule has 0 bridgehead atoms. The molecule has 1 saturated carbocycles. The number of halogens is 1. The van der Waals surface area contributed by atoms with E-state index < -0.39 is 82.6 Å². The molecule has 4 aromatic rings. The second-order valence-electron chi connectivity index (χ2n) is 25.8. The van der Waals surface area contributed by atoms with Gasteiger partial charge in [0.15, 0.2) is 23.7 Å². The topological polar surface area (TPSA) is 220 Å². The summed E-state index contributed by atoms with van der Waals surface area (Å²) in [5.74, 6) is -3.08. The average Bonchev–Trinajstić information content (AvgIpc) is 1.62. The molecular weight excluding hydrogens is 1200 g/mol. The van der Waals surface area contributed by atoms with Gasteiger partial charge in [0, 0.05) is 37.2 Å². The van der Waals surface area contributed by atoms with E-state index in [1.165, 1.54) is 69.0 Å². The maximum Gasteiger partial charge on any atom is 0.330 e. The number of rotatable bonds is 39. The lowest BCUT2D eigenvalue weighted by Crippen LogP contribution is -2.55. The predicted octanol–water partition coefficient (Wildman–Crippen LogP) is 15.0. The van der Waals surface area contributed by atoms with Crippen molar-refractivity contribution in [2.45, 2.75) is 221 Å². The number of nitrogens with one attached hydrogen (secondary N) is 2. The van der Waals surface area contributed by atoms with E-state index in [1.54, 1.807) is 52.0 Å². The number of amides is 8. The molecule has 7 rings (SSSR count). The highest BCUT2D eigenvalue weighted by Crippen LogP contribution is 2.48. The molecule has 508 valence electrons. The molecule has 0 radical (unpaired) electrons. The van der Waals surface area contributed by atoms with Gasteiger partial charge in [-0.25, -0.2) is 19.4 Å². The Morgan fingerprint density at radius 2 is 0.935 bits per heavy atom. The highest BCUT2D eigenvalue weighted by Gasteiger charge is 2.58. The van der Waals surface area contributed by atoms with Crippen molar-refractivity contribution in [1.29, 1.82) is 0 Å². The van der Waals surface area contributed by atoms with Crippen molar-refractivity contribution in [2.75, 3.05) is 44.7 Å². The van der Waals surface area contributed by atoms with Crippen molar-refractivity contribution in [3.63, 3.8) is 0 Å². The van der Waals surface area contributed by atoms with Crippen LogP contribution in [0.1, 0.15) is 194 Å². The molecule has 2 aliphatic heterocycles. The minimum atomic E-state index is -1.78. The molecule has 2 N–H and O–H groups in total. The van der Waals surface area contributed by atoms with Crippen LogP contribution in [-0.4, -0.2) is 125 Å². The molecule has 8 amide bonds. The first-order valence-corrected chi connectivity index (χ1v) is 34.0. The lowest BCUT2D eigenvalue weighted by atomic mass is 9.85. The summed E-state index contributed by atoms with van der Waals surface area (Å²) >= 11 is 6.66. The van der Waals surface area contributed by atoms with E-state index in [2.05, 4.69) is 31.4 Å². The Balaban J connectivity index is 0.000000300. The van der Waals surface area contributed by atoms with Gasteiger partial charge in [0.1, 0.15) is 17.2 Å². The summed E-state index contributed by atoms with van der Waals surface area (Å²) in [6, 6.07) is 22.0. The first-order chi connectivity index (χ1) is 44.6. The number of hydrogen-bond acceptors (Lipinski definition) is 13. The molecule has 0 aromatic heterocycles. The van der Waals surface area contributed by atoms with Crippen LogP contribution in [0, 0.1) is 17.8 Å². The van der Waals surface area contributed by atoms with E-state index in [9.17, 15) is 38.4 Å². The minimum Gasteiger partial charge on any atom is -0.492 e. The second-order valence-corrected chi connectivity index (χ2v) is 26.2. The summed E-state index contributed by atoms with van der Waals surface area (Å²) in [4.78, 5) is 115. The van der Waals surface area contributed by atoms with Gasteiger partial charge >= 0.3 is 12.1 Å². The van der Waals surface area contributed by atoms with Crippen molar-refractivity contribution >= 4 is 70.2 Å². The van der Waals surface area contributed by atoms with Crippen LogP contribution in [-0.2, 0) is 51.3 Å². The van der Waals surface area contributed by atoms with Gasteiger partial charge in [-0.15, -0.1) is 0 Å². The zero-order valence-electron chi connectivity index (χ0n) is 56.6. The quantitative estimate of drug-likeness (QED) is 0.0241. The highest BCUT2D eigenvalue weighted by atomic mass is 35.5. The van der Waals surface area contributed by atoms with Gasteiger partial charge in [0.25, 0.3) is 23.6 Å². The van der Waals surface area contributed by atoms with E-state index in [-0.39, 0.29) is 18.8 Å². The van der Waals surface area contributed by atoms with Gasteiger partial charge < -0.3 is 34.3 Å². The third-order valence-electron chi connectivity index (χ3n) is 17.0. The third kappa shape index (κ3) is 21.1. The van der Waals surface area contributed by atoms with Crippen molar-refractivity contribution < 1.29 is 62.0 Å². The Morgan fingerprint density at radius 3 is 1.37 bits per heavy atom. The highest BCUT2D eigenvalue weighted by molar-refractivity contribution is 6.32. The van der Waals surface area contributed by atoms with E-state index in [4.69, 9.17) is 35.3 Å². The number of carbonyl (C=O) groups is 8. The van der Waals surface area contributed by atoms with Crippen LogP contribution >= 0.6 is 11.6 Å². The van der Waals surface area contributed by atoms with E-state index in [0.29, 0.717) is 60.6 Å². The molecule has 19 nitrogen and oxygen atoms in total. The van der Waals surface area contributed by atoms with Gasteiger partial charge in [0.05, 0.1) is 49.3 Å². The Kier molecular flexibility index (Phi) is 29.7. The zero-order chi connectivity index (χ0) is 67.7. The second kappa shape index (κ2) is 36.9. The van der Waals surface area contributed by atoms with Crippen molar-refractivity contribution in [3.05, 3.63) is 113 Å². The number of anilines is 2. The smallest absolute Gasteiger partial charge is 0.330 e. The number of unbranched alkanes of at least 4 members (excludes halogenated alkanes) is 15. The monoisotopic (exact) mass is 1300 g/mol. The summed E-state index contributed by atoms with van der Waals surface area (Å²) in [5, 5.41) is 5.96. The molecule has 4 atom stereocenters. The van der Waals surface area contributed by atoms with Gasteiger partial charge in [-0.1, -0.05) is 223 Å². The van der Waals surface area contributed by atoms with Crippen LogP contribution in [0.3, 0.4) is 0 Å². The molecule has 3 fully saturated rings. The summed E-state index contributed by atoms with van der Waals surface area (Å²) in [7, 11) is 2.64. The van der Waals surface area contributed by atoms with Crippen LogP contribution in [0.2, 0.25) is 5.02 Å². The number of imide groups is 2. The predicted molar refractivity (Wildman–Crippen MR) is 361 cm³/mol. The molecular formula is C73H101ClN6O13. The molecule has 2 heterocycles. The first-order valence-electron chi connectivity index (χ1n) is 33.6. The lowest BCUT2D eigenvalue weighted by molar-refractivity contribution is -0.148. The van der Waals surface area contributed by atoms with Gasteiger partial charge in [-0.2, -0.15) is 0 Å². The van der Waals surface area contributed by atoms with E-state index >= 15 is 0 Å². The molecule has 4 aromatic carbocycles. The fourth-order valence-corrected chi connectivity index (χ4v) is 11.4. The Hall–Kier alpha value is -7.35. The average molecular weight is 1310 g/mol. The minimum absolute atomic E-state index is 0.0470. The Bertz CT molecular complexity index is 3120. The number of carbonyl (C=O) groups excluding carboxylic acids is 8. The SMILES string of the molecule is CCCCCCCCOc1cc(NC(=O)C(C(=O)C(C)(C)C)N2C(=O)C(OC)N(Cc3ccccc3)C2=O)c(OCCCCCCCC)cc1Cl.CCCCCCCCOc1ccc(C)cc1NC(=O)C(C(=O)C1(C)CC1)N1C(=O)C(OC)N(Cc2ccccc2)C1=O. The van der Waals surface area contributed by atoms with Crippen LogP contribution in [0.15, 0.2) is 91.0 Å². The fraction of sp³-hybridized carbons (Fsp3) is 0.562. The first kappa shape index (κ1) is 74.7. The number of urea groups is 2. The number of ether oxygens (including phenoxy) is 5. The lowest BCUT2D eigenvalue weighted by Gasteiger charge is -2.29.